The first-order chi connectivity index (χ1) is 12.3. The van der Waals surface area contributed by atoms with Gasteiger partial charge in [-0.25, -0.2) is 9.67 Å². The highest BCUT2D eigenvalue weighted by Crippen LogP contribution is 2.18. The van der Waals surface area contributed by atoms with Gasteiger partial charge in [0.05, 0.1) is 12.1 Å². The molecule has 0 radical (unpaired) electrons. The Kier molecular flexibility index (Phi) is 3.96. The number of pyridine rings is 1. The summed E-state index contributed by atoms with van der Waals surface area (Å²) in [4.78, 5) is 16.8. The molecule has 5 heteroatoms. The number of aromatic nitrogens is 3. The molecule has 0 saturated heterocycles. The van der Waals surface area contributed by atoms with E-state index in [1.54, 1.807) is 29.3 Å². The zero-order chi connectivity index (χ0) is 17.1. The van der Waals surface area contributed by atoms with Gasteiger partial charge in [-0.3, -0.25) is 4.79 Å². The van der Waals surface area contributed by atoms with Crippen LogP contribution in [0.5, 0.6) is 0 Å². The number of carbonyl (C=O) groups excluding carboxylic acids is 1. The number of fused-ring (bicyclic) bond motifs is 1. The van der Waals surface area contributed by atoms with E-state index in [9.17, 15) is 4.79 Å². The van der Waals surface area contributed by atoms with E-state index in [0.717, 1.165) is 10.9 Å². The number of nitrogens with zero attached hydrogens (tertiary/aromatic N) is 3. The Balaban J connectivity index is 1.54. The summed E-state index contributed by atoms with van der Waals surface area (Å²) in [6.07, 6.45) is 5.45. The Labute approximate surface area is 144 Å². The van der Waals surface area contributed by atoms with E-state index in [2.05, 4.69) is 21.5 Å². The molecule has 0 spiro atoms. The van der Waals surface area contributed by atoms with Gasteiger partial charge in [0.1, 0.15) is 0 Å². The number of nitrogens with one attached hydrogen (secondary N) is 1. The highest BCUT2D eigenvalue weighted by Gasteiger charge is 2.10. The molecule has 0 aliphatic heterocycles. The maximum atomic E-state index is 12.5. The molecule has 0 aliphatic rings. The smallest absolute Gasteiger partial charge is 0.228 e. The van der Waals surface area contributed by atoms with Crippen LogP contribution in [-0.2, 0) is 11.2 Å². The van der Waals surface area contributed by atoms with E-state index in [0.29, 0.717) is 17.9 Å². The van der Waals surface area contributed by atoms with Gasteiger partial charge in [-0.15, -0.1) is 0 Å². The van der Waals surface area contributed by atoms with E-state index in [-0.39, 0.29) is 5.91 Å². The third kappa shape index (κ3) is 3.26. The molecule has 2 aromatic heterocycles. The van der Waals surface area contributed by atoms with Crippen LogP contribution >= 0.6 is 0 Å². The van der Waals surface area contributed by atoms with Crippen LogP contribution in [0, 0.1) is 0 Å². The molecule has 0 saturated carbocycles. The van der Waals surface area contributed by atoms with Crippen LogP contribution in [0.2, 0.25) is 0 Å². The van der Waals surface area contributed by atoms with Crippen LogP contribution in [0.15, 0.2) is 79.3 Å². The SMILES string of the molecule is O=C(Cc1ccc2ccccc2c1)Nc1cccnc1-n1cccn1. The van der Waals surface area contributed by atoms with Crippen LogP contribution in [-0.4, -0.2) is 20.7 Å². The second-order valence-electron chi connectivity index (χ2n) is 5.73. The van der Waals surface area contributed by atoms with Crippen molar-refractivity contribution in [2.75, 3.05) is 5.32 Å². The van der Waals surface area contributed by atoms with Gasteiger partial charge >= 0.3 is 0 Å². The van der Waals surface area contributed by atoms with Gasteiger partial charge in [-0.05, 0) is 34.5 Å². The van der Waals surface area contributed by atoms with Gasteiger partial charge in [0.25, 0.3) is 0 Å². The van der Waals surface area contributed by atoms with Crippen LogP contribution in [0.4, 0.5) is 5.69 Å². The second kappa shape index (κ2) is 6.57. The summed E-state index contributed by atoms with van der Waals surface area (Å²) >= 11 is 0. The lowest BCUT2D eigenvalue weighted by Crippen LogP contribution is -2.16. The molecule has 0 bridgehead atoms. The quantitative estimate of drug-likeness (QED) is 0.622. The molecule has 4 aromatic rings. The maximum absolute atomic E-state index is 12.5. The highest BCUT2D eigenvalue weighted by molar-refractivity contribution is 5.94. The van der Waals surface area contributed by atoms with E-state index < -0.39 is 0 Å². The lowest BCUT2D eigenvalue weighted by Gasteiger charge is -2.10. The minimum atomic E-state index is -0.0864. The molecule has 0 unspecified atom stereocenters. The highest BCUT2D eigenvalue weighted by atomic mass is 16.1. The molecule has 1 N–H and O–H groups in total. The van der Waals surface area contributed by atoms with Crippen molar-refractivity contribution < 1.29 is 4.79 Å². The first kappa shape index (κ1) is 15.1. The minimum absolute atomic E-state index is 0.0864. The number of hydrogen-bond donors (Lipinski definition) is 1. The average molecular weight is 328 g/mol. The predicted molar refractivity (Wildman–Crippen MR) is 97.6 cm³/mol. The Morgan fingerprint density at radius 3 is 2.68 bits per heavy atom. The van der Waals surface area contributed by atoms with Crippen LogP contribution in [0.3, 0.4) is 0 Å². The van der Waals surface area contributed by atoms with Gasteiger partial charge < -0.3 is 5.32 Å². The lowest BCUT2D eigenvalue weighted by atomic mass is 10.0. The Bertz CT molecular complexity index is 1020. The number of rotatable bonds is 4. The molecule has 2 aromatic carbocycles. The summed E-state index contributed by atoms with van der Waals surface area (Å²) in [5.74, 6) is 0.510. The molecule has 0 aliphatic carbocycles. The van der Waals surface area contributed by atoms with Gasteiger partial charge in [0.15, 0.2) is 5.82 Å². The zero-order valence-corrected chi connectivity index (χ0v) is 13.5. The molecular weight excluding hydrogens is 312 g/mol. The maximum Gasteiger partial charge on any atom is 0.228 e. The topological polar surface area (TPSA) is 59.8 Å². The monoisotopic (exact) mass is 328 g/mol. The fraction of sp³-hybridized carbons (Fsp3) is 0.0500. The van der Waals surface area contributed by atoms with E-state index in [1.165, 1.54) is 5.39 Å². The first-order valence-corrected chi connectivity index (χ1v) is 8.02. The van der Waals surface area contributed by atoms with Crippen molar-refractivity contribution in [2.24, 2.45) is 0 Å². The summed E-state index contributed by atoms with van der Waals surface area (Å²) < 4.78 is 1.63. The standard InChI is InChI=1S/C20H16N4O/c25-19(14-15-8-9-16-5-1-2-6-17(16)13-15)23-18-7-3-10-21-20(18)24-12-4-11-22-24/h1-13H,14H2,(H,23,25). The van der Waals surface area contributed by atoms with Crippen LogP contribution < -0.4 is 5.32 Å². The summed E-state index contributed by atoms with van der Waals surface area (Å²) in [6, 6.07) is 19.6. The van der Waals surface area contributed by atoms with Crippen molar-refractivity contribution in [1.29, 1.82) is 0 Å². The van der Waals surface area contributed by atoms with Gasteiger partial charge in [0.2, 0.25) is 5.91 Å². The molecule has 5 nitrogen and oxygen atoms in total. The molecular formula is C20H16N4O. The van der Waals surface area contributed by atoms with Crippen molar-refractivity contribution in [2.45, 2.75) is 6.42 Å². The Hall–Kier alpha value is -3.47. The first-order valence-electron chi connectivity index (χ1n) is 8.02. The lowest BCUT2D eigenvalue weighted by molar-refractivity contribution is -0.115. The summed E-state index contributed by atoms with van der Waals surface area (Å²) in [6.45, 7) is 0. The van der Waals surface area contributed by atoms with Gasteiger partial charge in [0, 0.05) is 18.6 Å². The minimum Gasteiger partial charge on any atom is -0.323 e. The third-order valence-corrected chi connectivity index (χ3v) is 3.96. The largest absolute Gasteiger partial charge is 0.323 e. The van der Waals surface area contributed by atoms with E-state index in [1.807, 2.05) is 48.5 Å². The van der Waals surface area contributed by atoms with Crippen LogP contribution in [0.1, 0.15) is 5.56 Å². The van der Waals surface area contributed by atoms with Crippen molar-refractivity contribution in [3.8, 4) is 5.82 Å². The second-order valence-corrected chi connectivity index (χ2v) is 5.73. The zero-order valence-electron chi connectivity index (χ0n) is 13.5. The van der Waals surface area contributed by atoms with E-state index in [4.69, 9.17) is 0 Å². The number of hydrogen-bond acceptors (Lipinski definition) is 3. The predicted octanol–water partition coefficient (Wildman–Crippen LogP) is 3.60. The van der Waals surface area contributed by atoms with Crippen molar-refractivity contribution in [1.82, 2.24) is 14.8 Å². The fourth-order valence-corrected chi connectivity index (χ4v) is 2.80. The van der Waals surface area contributed by atoms with Gasteiger partial charge in [-0.2, -0.15) is 5.10 Å². The summed E-state index contributed by atoms with van der Waals surface area (Å²) in [5, 5.41) is 9.41. The third-order valence-electron chi connectivity index (χ3n) is 3.96. The fourth-order valence-electron chi connectivity index (χ4n) is 2.80. The Morgan fingerprint density at radius 2 is 1.84 bits per heavy atom. The molecule has 25 heavy (non-hydrogen) atoms. The summed E-state index contributed by atoms with van der Waals surface area (Å²) in [5.41, 5.74) is 1.61. The summed E-state index contributed by atoms with van der Waals surface area (Å²) in [7, 11) is 0. The number of carbonyl (C=O) groups is 1. The van der Waals surface area contributed by atoms with Gasteiger partial charge in [-0.1, -0.05) is 42.5 Å². The Morgan fingerprint density at radius 1 is 0.960 bits per heavy atom. The molecule has 4 rings (SSSR count). The molecule has 122 valence electrons. The molecule has 0 fully saturated rings. The average Bonchev–Trinajstić information content (AvgIpc) is 3.16. The number of benzene rings is 2. The van der Waals surface area contributed by atoms with Crippen LogP contribution in [0.25, 0.3) is 16.6 Å². The molecule has 1 amide bonds. The normalized spacial score (nSPS) is 10.7. The number of amides is 1. The van der Waals surface area contributed by atoms with Crippen molar-refractivity contribution in [3.05, 3.63) is 84.8 Å². The van der Waals surface area contributed by atoms with E-state index >= 15 is 0 Å². The molecule has 2 heterocycles. The van der Waals surface area contributed by atoms with Crippen molar-refractivity contribution >= 4 is 22.4 Å². The number of anilines is 1. The van der Waals surface area contributed by atoms with Crippen molar-refractivity contribution in [3.63, 3.8) is 0 Å². The molecule has 0 atom stereocenters.